The Hall–Kier alpha value is -0.570. The molecule has 0 unspecified atom stereocenters. The lowest BCUT2D eigenvalue weighted by Gasteiger charge is -2.11. The highest BCUT2D eigenvalue weighted by atomic mass is 16.5. The van der Waals surface area contributed by atoms with Crippen LogP contribution in [0.25, 0.3) is 0 Å². The summed E-state index contributed by atoms with van der Waals surface area (Å²) in [6.07, 6.45) is 3.09. The van der Waals surface area contributed by atoms with Crippen molar-refractivity contribution in [1.82, 2.24) is 5.32 Å². The van der Waals surface area contributed by atoms with Crippen molar-refractivity contribution in [2.45, 2.75) is 39.2 Å². The molecule has 1 heterocycles. The Bertz CT molecular complexity index is 162. The summed E-state index contributed by atoms with van der Waals surface area (Å²) in [4.78, 5) is 11.2. The Morgan fingerprint density at radius 3 is 2.92 bits per heavy atom. The van der Waals surface area contributed by atoms with Crippen LogP contribution in [0, 0.1) is 5.92 Å². The van der Waals surface area contributed by atoms with Crippen LogP contribution in [0.3, 0.4) is 0 Å². The molecule has 0 radical (unpaired) electrons. The average Bonchev–Trinajstić information content (AvgIpc) is 2.51. The van der Waals surface area contributed by atoms with Crippen LogP contribution in [0.1, 0.15) is 33.1 Å². The summed E-state index contributed by atoms with van der Waals surface area (Å²) < 4.78 is 5.39. The first-order valence-electron chi connectivity index (χ1n) is 5.07. The SMILES string of the molecule is CC(C)CC(=O)NC[C@@H]1CCCO1. The molecule has 0 aromatic heterocycles. The average molecular weight is 185 g/mol. The number of nitrogens with one attached hydrogen (secondary N) is 1. The zero-order valence-electron chi connectivity index (χ0n) is 8.51. The molecule has 1 amide bonds. The molecule has 13 heavy (non-hydrogen) atoms. The Kier molecular flexibility index (Phi) is 4.22. The van der Waals surface area contributed by atoms with E-state index in [1.165, 1.54) is 0 Å². The van der Waals surface area contributed by atoms with E-state index in [0.29, 0.717) is 18.9 Å². The first kappa shape index (κ1) is 10.5. The van der Waals surface area contributed by atoms with Crippen molar-refractivity contribution in [3.8, 4) is 0 Å². The molecule has 1 saturated heterocycles. The Morgan fingerprint density at radius 1 is 1.62 bits per heavy atom. The van der Waals surface area contributed by atoms with Gasteiger partial charge in [-0.2, -0.15) is 0 Å². The maximum atomic E-state index is 11.2. The lowest BCUT2D eigenvalue weighted by molar-refractivity contribution is -0.122. The lowest BCUT2D eigenvalue weighted by atomic mass is 10.1. The molecule has 1 aliphatic rings. The summed E-state index contributed by atoms with van der Waals surface area (Å²) in [7, 11) is 0. The standard InChI is InChI=1S/C10H19NO2/c1-8(2)6-10(12)11-7-9-4-3-5-13-9/h8-9H,3-7H2,1-2H3,(H,11,12)/t9-/m0/s1. The number of hydrogen-bond acceptors (Lipinski definition) is 2. The van der Waals surface area contributed by atoms with Crippen LogP contribution >= 0.6 is 0 Å². The molecule has 1 fully saturated rings. The largest absolute Gasteiger partial charge is 0.376 e. The van der Waals surface area contributed by atoms with Crippen LogP contribution in [0.2, 0.25) is 0 Å². The van der Waals surface area contributed by atoms with Gasteiger partial charge in [0.15, 0.2) is 0 Å². The minimum absolute atomic E-state index is 0.144. The van der Waals surface area contributed by atoms with Crippen LogP contribution in [-0.4, -0.2) is 25.2 Å². The minimum atomic E-state index is 0.144. The molecule has 1 N–H and O–H groups in total. The first-order valence-corrected chi connectivity index (χ1v) is 5.07. The Morgan fingerprint density at radius 2 is 2.38 bits per heavy atom. The molecule has 0 aromatic rings. The third-order valence-corrected chi connectivity index (χ3v) is 2.14. The summed E-state index contributed by atoms with van der Waals surface area (Å²) >= 11 is 0. The van der Waals surface area contributed by atoms with Crippen LogP contribution in [0.4, 0.5) is 0 Å². The topological polar surface area (TPSA) is 38.3 Å². The van der Waals surface area contributed by atoms with E-state index in [9.17, 15) is 4.79 Å². The van der Waals surface area contributed by atoms with Crippen molar-refractivity contribution in [3.05, 3.63) is 0 Å². The van der Waals surface area contributed by atoms with Crippen molar-refractivity contribution in [2.75, 3.05) is 13.2 Å². The van der Waals surface area contributed by atoms with Crippen LogP contribution in [0.15, 0.2) is 0 Å². The summed E-state index contributed by atoms with van der Waals surface area (Å²) in [5.74, 6) is 0.579. The van der Waals surface area contributed by atoms with Crippen LogP contribution < -0.4 is 5.32 Å². The fourth-order valence-electron chi connectivity index (χ4n) is 1.48. The number of hydrogen-bond donors (Lipinski definition) is 1. The van der Waals surface area contributed by atoms with E-state index in [0.717, 1.165) is 19.4 Å². The summed E-state index contributed by atoms with van der Waals surface area (Å²) in [5.41, 5.74) is 0. The molecule has 0 saturated carbocycles. The van der Waals surface area contributed by atoms with E-state index in [4.69, 9.17) is 4.74 Å². The third kappa shape index (κ3) is 4.27. The third-order valence-electron chi connectivity index (χ3n) is 2.14. The fourth-order valence-corrected chi connectivity index (χ4v) is 1.48. The normalized spacial score (nSPS) is 22.2. The van der Waals surface area contributed by atoms with Gasteiger partial charge in [-0.05, 0) is 18.8 Å². The van der Waals surface area contributed by atoms with Crippen LogP contribution in [0.5, 0.6) is 0 Å². The van der Waals surface area contributed by atoms with E-state index in [1.54, 1.807) is 0 Å². The van der Waals surface area contributed by atoms with Gasteiger partial charge in [-0.15, -0.1) is 0 Å². The van der Waals surface area contributed by atoms with Gasteiger partial charge in [-0.25, -0.2) is 0 Å². The smallest absolute Gasteiger partial charge is 0.220 e. The summed E-state index contributed by atoms with van der Waals surface area (Å²) in [6.45, 7) is 5.63. The highest BCUT2D eigenvalue weighted by Gasteiger charge is 2.16. The number of carbonyl (C=O) groups is 1. The molecular formula is C10H19NO2. The molecular weight excluding hydrogens is 166 g/mol. The van der Waals surface area contributed by atoms with Crippen molar-refractivity contribution < 1.29 is 9.53 Å². The predicted octanol–water partition coefficient (Wildman–Crippen LogP) is 1.33. The summed E-state index contributed by atoms with van der Waals surface area (Å²) in [5, 5.41) is 2.89. The van der Waals surface area contributed by atoms with E-state index in [-0.39, 0.29) is 12.0 Å². The Balaban J connectivity index is 2.07. The van der Waals surface area contributed by atoms with Gasteiger partial charge >= 0.3 is 0 Å². The van der Waals surface area contributed by atoms with Crippen molar-refractivity contribution in [2.24, 2.45) is 5.92 Å². The van der Waals surface area contributed by atoms with Gasteiger partial charge in [0, 0.05) is 19.6 Å². The second-order valence-corrected chi connectivity index (χ2v) is 4.04. The highest BCUT2D eigenvalue weighted by molar-refractivity contribution is 5.76. The Labute approximate surface area is 79.8 Å². The van der Waals surface area contributed by atoms with E-state index in [2.05, 4.69) is 5.32 Å². The maximum Gasteiger partial charge on any atom is 0.220 e. The second kappa shape index (κ2) is 5.22. The molecule has 0 bridgehead atoms. The number of carbonyl (C=O) groups excluding carboxylic acids is 1. The molecule has 76 valence electrons. The fraction of sp³-hybridized carbons (Fsp3) is 0.900. The zero-order chi connectivity index (χ0) is 9.68. The van der Waals surface area contributed by atoms with E-state index >= 15 is 0 Å². The number of ether oxygens (including phenoxy) is 1. The van der Waals surface area contributed by atoms with Gasteiger partial charge in [0.05, 0.1) is 6.10 Å². The van der Waals surface area contributed by atoms with E-state index < -0.39 is 0 Å². The molecule has 3 heteroatoms. The molecule has 3 nitrogen and oxygen atoms in total. The number of rotatable bonds is 4. The van der Waals surface area contributed by atoms with E-state index in [1.807, 2.05) is 13.8 Å². The van der Waals surface area contributed by atoms with Crippen LogP contribution in [-0.2, 0) is 9.53 Å². The quantitative estimate of drug-likeness (QED) is 0.717. The van der Waals surface area contributed by atoms with Gasteiger partial charge in [0.2, 0.25) is 5.91 Å². The molecule has 0 spiro atoms. The first-order chi connectivity index (χ1) is 6.18. The lowest BCUT2D eigenvalue weighted by Crippen LogP contribution is -2.32. The molecule has 0 aliphatic carbocycles. The maximum absolute atomic E-state index is 11.2. The van der Waals surface area contributed by atoms with Crippen molar-refractivity contribution in [3.63, 3.8) is 0 Å². The zero-order valence-corrected chi connectivity index (χ0v) is 8.51. The van der Waals surface area contributed by atoms with Gasteiger partial charge in [0.25, 0.3) is 0 Å². The van der Waals surface area contributed by atoms with Gasteiger partial charge in [-0.1, -0.05) is 13.8 Å². The minimum Gasteiger partial charge on any atom is -0.376 e. The molecule has 0 aromatic carbocycles. The predicted molar refractivity (Wildman–Crippen MR) is 51.4 cm³/mol. The number of amides is 1. The van der Waals surface area contributed by atoms with Gasteiger partial charge in [0.1, 0.15) is 0 Å². The molecule has 1 aliphatic heterocycles. The van der Waals surface area contributed by atoms with Gasteiger partial charge in [-0.3, -0.25) is 4.79 Å². The van der Waals surface area contributed by atoms with Crippen molar-refractivity contribution >= 4 is 5.91 Å². The molecule has 1 atom stereocenters. The monoisotopic (exact) mass is 185 g/mol. The summed E-state index contributed by atoms with van der Waals surface area (Å²) in [6, 6.07) is 0. The van der Waals surface area contributed by atoms with Gasteiger partial charge < -0.3 is 10.1 Å². The molecule has 1 rings (SSSR count). The highest BCUT2D eigenvalue weighted by Crippen LogP contribution is 2.10. The second-order valence-electron chi connectivity index (χ2n) is 4.04. The van der Waals surface area contributed by atoms with Crippen molar-refractivity contribution in [1.29, 1.82) is 0 Å².